The molecular formula is C28H26FN3O. The molecule has 0 aliphatic heterocycles. The minimum absolute atomic E-state index is 0.109. The van der Waals surface area contributed by atoms with E-state index in [0.717, 1.165) is 34.0 Å². The smallest absolute Gasteiger partial charge is 0.229 e. The Kier molecular flexibility index (Phi) is 6.11. The van der Waals surface area contributed by atoms with Gasteiger partial charge in [0, 0.05) is 5.56 Å². The Morgan fingerprint density at radius 2 is 1.73 bits per heavy atom. The quantitative estimate of drug-likeness (QED) is 0.381. The highest BCUT2D eigenvalue weighted by Gasteiger charge is 2.20. The number of amides is 1. The fourth-order valence-electron chi connectivity index (χ4n) is 4.63. The fraction of sp³-hybridized carbons (Fsp3) is 0.250. The molecule has 0 unspecified atom stereocenters. The van der Waals surface area contributed by atoms with Gasteiger partial charge in [0.2, 0.25) is 5.91 Å². The molecule has 1 amide bonds. The van der Waals surface area contributed by atoms with E-state index in [2.05, 4.69) is 28.5 Å². The van der Waals surface area contributed by atoms with E-state index in [1.54, 1.807) is 18.3 Å². The van der Waals surface area contributed by atoms with Crippen molar-refractivity contribution in [2.45, 2.75) is 38.5 Å². The summed E-state index contributed by atoms with van der Waals surface area (Å²) in [5, 5.41) is 5.27. The summed E-state index contributed by atoms with van der Waals surface area (Å²) in [6.07, 6.45) is 7.53. The second-order valence-corrected chi connectivity index (χ2v) is 8.82. The summed E-state index contributed by atoms with van der Waals surface area (Å²) in [5.41, 5.74) is 3.26. The number of fused-ring (bicyclic) bond motifs is 1. The molecule has 0 atom stereocenters. The van der Waals surface area contributed by atoms with Crippen LogP contribution in [-0.2, 0) is 17.6 Å². The Labute approximate surface area is 192 Å². The van der Waals surface area contributed by atoms with Gasteiger partial charge in [0.05, 0.1) is 24.0 Å². The average molecular weight is 440 g/mol. The minimum Gasteiger partial charge on any atom is -0.309 e. The molecule has 1 fully saturated rings. The van der Waals surface area contributed by atoms with Crippen molar-refractivity contribution < 1.29 is 9.18 Å². The van der Waals surface area contributed by atoms with E-state index in [9.17, 15) is 9.18 Å². The molecule has 0 radical (unpaired) electrons. The molecule has 0 bridgehead atoms. The first kappa shape index (κ1) is 21.3. The molecule has 0 saturated heterocycles. The second-order valence-electron chi connectivity index (χ2n) is 8.82. The molecule has 1 heterocycles. The molecule has 3 aromatic carbocycles. The number of aromatic nitrogens is 2. The molecule has 1 aromatic heterocycles. The Hall–Kier alpha value is -3.60. The lowest BCUT2D eigenvalue weighted by Gasteiger charge is -2.14. The number of carbonyl (C=O) groups excluding carboxylic acids is 1. The van der Waals surface area contributed by atoms with Gasteiger partial charge in [-0.15, -0.1) is 0 Å². The molecule has 33 heavy (non-hydrogen) atoms. The zero-order chi connectivity index (χ0) is 22.6. The molecular weight excluding hydrogens is 413 g/mol. The number of benzene rings is 3. The lowest BCUT2D eigenvalue weighted by molar-refractivity contribution is -0.115. The van der Waals surface area contributed by atoms with Gasteiger partial charge in [0.25, 0.3) is 0 Å². The van der Waals surface area contributed by atoms with Crippen LogP contribution >= 0.6 is 0 Å². The minimum atomic E-state index is -0.282. The predicted octanol–water partition coefficient (Wildman–Crippen LogP) is 6.35. The maximum Gasteiger partial charge on any atom is 0.229 e. The molecule has 1 aliphatic carbocycles. The molecule has 1 N–H and O–H groups in total. The van der Waals surface area contributed by atoms with Gasteiger partial charge in [0.15, 0.2) is 5.82 Å². The number of anilines is 1. The zero-order valence-corrected chi connectivity index (χ0v) is 18.4. The van der Waals surface area contributed by atoms with Crippen LogP contribution in [0, 0.1) is 11.7 Å². The number of carbonyl (C=O) groups is 1. The molecule has 166 valence electrons. The van der Waals surface area contributed by atoms with E-state index < -0.39 is 0 Å². The van der Waals surface area contributed by atoms with E-state index in [1.165, 1.54) is 37.8 Å². The van der Waals surface area contributed by atoms with Crippen molar-refractivity contribution in [1.29, 1.82) is 0 Å². The molecule has 5 heteroatoms. The first-order chi connectivity index (χ1) is 16.1. The number of halogens is 1. The lowest BCUT2D eigenvalue weighted by Crippen LogP contribution is -2.18. The summed E-state index contributed by atoms with van der Waals surface area (Å²) < 4.78 is 13.3. The Morgan fingerprint density at radius 1 is 0.970 bits per heavy atom. The third kappa shape index (κ3) is 5.08. The number of nitrogens with zero attached hydrogens (tertiary/aromatic N) is 2. The number of hydrogen-bond acceptors (Lipinski definition) is 3. The van der Waals surface area contributed by atoms with Gasteiger partial charge in [-0.25, -0.2) is 14.4 Å². The van der Waals surface area contributed by atoms with Crippen molar-refractivity contribution in [3.63, 3.8) is 0 Å². The Bertz CT molecular complexity index is 1280. The van der Waals surface area contributed by atoms with Gasteiger partial charge in [-0.05, 0) is 52.9 Å². The van der Waals surface area contributed by atoms with Crippen LogP contribution in [0.2, 0.25) is 0 Å². The molecule has 4 nitrogen and oxygen atoms in total. The maximum absolute atomic E-state index is 13.3. The summed E-state index contributed by atoms with van der Waals surface area (Å²) in [4.78, 5) is 22.3. The van der Waals surface area contributed by atoms with E-state index in [1.807, 2.05) is 24.3 Å². The largest absolute Gasteiger partial charge is 0.309 e. The van der Waals surface area contributed by atoms with Gasteiger partial charge < -0.3 is 5.32 Å². The van der Waals surface area contributed by atoms with E-state index in [-0.39, 0.29) is 18.1 Å². The normalized spacial score (nSPS) is 14.0. The van der Waals surface area contributed by atoms with Crippen LogP contribution in [0.3, 0.4) is 0 Å². The van der Waals surface area contributed by atoms with E-state index in [4.69, 9.17) is 4.98 Å². The van der Waals surface area contributed by atoms with Crippen molar-refractivity contribution >= 4 is 22.5 Å². The third-order valence-electron chi connectivity index (χ3n) is 6.38. The van der Waals surface area contributed by atoms with Crippen LogP contribution in [0.15, 0.2) is 72.9 Å². The Balaban J connectivity index is 1.37. The van der Waals surface area contributed by atoms with Gasteiger partial charge in [0.1, 0.15) is 5.82 Å². The van der Waals surface area contributed by atoms with Crippen LogP contribution in [0.4, 0.5) is 10.2 Å². The second kappa shape index (κ2) is 9.49. The van der Waals surface area contributed by atoms with Crippen molar-refractivity contribution in [2.24, 2.45) is 5.92 Å². The van der Waals surface area contributed by atoms with Gasteiger partial charge in [-0.1, -0.05) is 68.1 Å². The Morgan fingerprint density at radius 3 is 2.52 bits per heavy atom. The van der Waals surface area contributed by atoms with Gasteiger partial charge >= 0.3 is 0 Å². The summed E-state index contributed by atoms with van der Waals surface area (Å²) in [6, 6.07) is 20.5. The summed E-state index contributed by atoms with van der Waals surface area (Å²) >= 11 is 0. The molecule has 1 aliphatic rings. The summed E-state index contributed by atoms with van der Waals surface area (Å²) in [6.45, 7) is 0. The molecule has 5 rings (SSSR count). The number of nitrogens with one attached hydrogen (secondary N) is 1. The molecule has 1 saturated carbocycles. The summed E-state index contributed by atoms with van der Waals surface area (Å²) in [7, 11) is 0. The van der Waals surface area contributed by atoms with Crippen LogP contribution in [-0.4, -0.2) is 15.9 Å². The zero-order valence-electron chi connectivity index (χ0n) is 18.4. The van der Waals surface area contributed by atoms with Crippen molar-refractivity contribution in [3.05, 3.63) is 90.0 Å². The number of hydrogen-bond donors (Lipinski definition) is 1. The summed E-state index contributed by atoms with van der Waals surface area (Å²) in [5.74, 6) is 0.690. The highest BCUT2D eigenvalue weighted by Crippen LogP contribution is 2.30. The van der Waals surface area contributed by atoms with Crippen molar-refractivity contribution in [1.82, 2.24) is 9.97 Å². The predicted molar refractivity (Wildman–Crippen MR) is 129 cm³/mol. The third-order valence-corrected chi connectivity index (χ3v) is 6.38. The lowest BCUT2D eigenvalue weighted by atomic mass is 10.0. The standard InChI is InChI=1S/C28H26FN3O/c29-24-13-11-22(12-14-24)26-18-30-28(25(31-26)16-19-5-1-2-6-19)32-27(33)17-20-9-10-21-7-3-4-8-23(21)15-20/h3-4,7-15,18-19H,1-2,5-6,16-17H2,(H,30,32,33). The van der Waals surface area contributed by atoms with Crippen LogP contribution in [0.25, 0.3) is 22.0 Å². The van der Waals surface area contributed by atoms with Gasteiger partial charge in [-0.3, -0.25) is 4.79 Å². The topological polar surface area (TPSA) is 54.9 Å². The monoisotopic (exact) mass is 439 g/mol. The molecule has 4 aromatic rings. The van der Waals surface area contributed by atoms with Crippen LogP contribution < -0.4 is 5.32 Å². The SMILES string of the molecule is O=C(Cc1ccc2ccccc2c1)Nc1ncc(-c2ccc(F)cc2)nc1CC1CCCC1. The maximum atomic E-state index is 13.3. The van der Waals surface area contributed by atoms with Crippen LogP contribution in [0.5, 0.6) is 0 Å². The first-order valence-electron chi connectivity index (χ1n) is 11.5. The van der Waals surface area contributed by atoms with Gasteiger partial charge in [-0.2, -0.15) is 0 Å². The van der Waals surface area contributed by atoms with E-state index >= 15 is 0 Å². The fourth-order valence-corrected chi connectivity index (χ4v) is 4.63. The van der Waals surface area contributed by atoms with Crippen molar-refractivity contribution in [3.8, 4) is 11.3 Å². The number of rotatable bonds is 6. The van der Waals surface area contributed by atoms with E-state index in [0.29, 0.717) is 17.4 Å². The average Bonchev–Trinajstić information content (AvgIpc) is 3.34. The van der Waals surface area contributed by atoms with Crippen molar-refractivity contribution in [2.75, 3.05) is 5.32 Å². The highest BCUT2D eigenvalue weighted by molar-refractivity contribution is 5.93. The van der Waals surface area contributed by atoms with Crippen LogP contribution in [0.1, 0.15) is 36.9 Å². The highest BCUT2D eigenvalue weighted by atomic mass is 19.1. The first-order valence-corrected chi connectivity index (χ1v) is 11.5. The molecule has 0 spiro atoms.